The molecule has 0 aliphatic carbocycles. The van der Waals surface area contributed by atoms with E-state index in [-0.39, 0.29) is 5.82 Å². The first-order chi connectivity index (χ1) is 5.15. The van der Waals surface area contributed by atoms with Crippen molar-refractivity contribution in [3.05, 3.63) is 28.5 Å². The molecule has 0 aliphatic rings. The molecule has 2 N–H and O–H groups in total. The van der Waals surface area contributed by atoms with Gasteiger partial charge in [0.1, 0.15) is 5.82 Å². The molecule has 1 nitrogen and oxygen atoms in total. The van der Waals surface area contributed by atoms with Gasteiger partial charge in [-0.25, -0.2) is 4.39 Å². The standard InChI is InChI=1S/C8H9ClFN/c1-2-6-7(10)3-5(9)4-8(6)11/h3-4H,2,11H2,1H3. The normalized spacial score (nSPS) is 10.1. The minimum absolute atomic E-state index is 0.322. The summed E-state index contributed by atoms with van der Waals surface area (Å²) in [6.07, 6.45) is 0.592. The lowest BCUT2D eigenvalue weighted by Crippen LogP contribution is -1.96. The summed E-state index contributed by atoms with van der Waals surface area (Å²) >= 11 is 5.56. The van der Waals surface area contributed by atoms with Crippen molar-refractivity contribution in [3.8, 4) is 0 Å². The fraction of sp³-hybridized carbons (Fsp3) is 0.250. The van der Waals surface area contributed by atoms with Gasteiger partial charge in [0.25, 0.3) is 0 Å². The van der Waals surface area contributed by atoms with Crippen molar-refractivity contribution in [2.45, 2.75) is 13.3 Å². The van der Waals surface area contributed by atoms with Crippen LogP contribution in [0.3, 0.4) is 0 Å². The van der Waals surface area contributed by atoms with E-state index < -0.39 is 0 Å². The van der Waals surface area contributed by atoms with Crippen LogP contribution < -0.4 is 5.73 Å². The first-order valence-electron chi connectivity index (χ1n) is 3.38. The van der Waals surface area contributed by atoms with Crippen LogP contribution >= 0.6 is 11.6 Å². The minimum Gasteiger partial charge on any atom is -0.398 e. The van der Waals surface area contributed by atoms with E-state index >= 15 is 0 Å². The van der Waals surface area contributed by atoms with E-state index in [2.05, 4.69) is 0 Å². The SMILES string of the molecule is CCc1c(N)cc(Cl)cc1F. The predicted octanol–water partition coefficient (Wildman–Crippen LogP) is 2.62. The Labute approximate surface area is 70.0 Å². The Morgan fingerprint density at radius 2 is 2.18 bits per heavy atom. The van der Waals surface area contributed by atoms with Crippen LogP contribution in [0.4, 0.5) is 10.1 Å². The maximum atomic E-state index is 12.9. The van der Waals surface area contributed by atoms with E-state index in [0.29, 0.717) is 22.7 Å². The van der Waals surface area contributed by atoms with Crippen molar-refractivity contribution < 1.29 is 4.39 Å². The monoisotopic (exact) mass is 173 g/mol. The number of halogens is 2. The van der Waals surface area contributed by atoms with Gasteiger partial charge in [0.2, 0.25) is 0 Å². The fourth-order valence-corrected chi connectivity index (χ4v) is 1.21. The van der Waals surface area contributed by atoms with Crippen molar-refractivity contribution in [2.75, 3.05) is 5.73 Å². The van der Waals surface area contributed by atoms with Crippen LogP contribution in [0.25, 0.3) is 0 Å². The number of rotatable bonds is 1. The molecule has 0 heterocycles. The molecular formula is C8H9ClFN. The number of nitrogens with two attached hydrogens (primary N) is 1. The van der Waals surface area contributed by atoms with E-state index in [9.17, 15) is 4.39 Å². The molecule has 3 heteroatoms. The van der Waals surface area contributed by atoms with Crippen LogP contribution in [0.2, 0.25) is 5.02 Å². The molecule has 0 fully saturated rings. The lowest BCUT2D eigenvalue weighted by Gasteiger charge is -2.03. The van der Waals surface area contributed by atoms with E-state index in [4.69, 9.17) is 17.3 Å². The molecule has 0 amide bonds. The summed E-state index contributed by atoms with van der Waals surface area (Å²) in [7, 11) is 0. The van der Waals surface area contributed by atoms with Gasteiger partial charge in [-0.2, -0.15) is 0 Å². The van der Waals surface area contributed by atoms with Gasteiger partial charge < -0.3 is 5.73 Å². The van der Waals surface area contributed by atoms with Gasteiger partial charge in [-0.3, -0.25) is 0 Å². The fourth-order valence-electron chi connectivity index (χ4n) is 0.996. The third-order valence-corrected chi connectivity index (χ3v) is 1.77. The number of anilines is 1. The molecule has 0 bridgehead atoms. The zero-order chi connectivity index (χ0) is 8.43. The molecule has 0 unspecified atom stereocenters. The first-order valence-corrected chi connectivity index (χ1v) is 3.76. The van der Waals surface area contributed by atoms with E-state index in [1.54, 1.807) is 6.07 Å². The smallest absolute Gasteiger partial charge is 0.129 e. The molecular weight excluding hydrogens is 165 g/mol. The summed E-state index contributed by atoms with van der Waals surface area (Å²) in [5, 5.41) is 0.345. The van der Waals surface area contributed by atoms with Gasteiger partial charge in [-0.05, 0) is 18.6 Å². The van der Waals surface area contributed by atoms with Crippen molar-refractivity contribution in [2.24, 2.45) is 0 Å². The zero-order valence-corrected chi connectivity index (χ0v) is 6.95. The Hall–Kier alpha value is -0.760. The molecule has 0 saturated carbocycles. The summed E-state index contributed by atoms with van der Waals surface area (Å²) in [6, 6.07) is 2.83. The Bertz CT molecular complexity index is 250. The van der Waals surface area contributed by atoms with Crippen molar-refractivity contribution in [1.29, 1.82) is 0 Å². The second-order valence-corrected chi connectivity index (χ2v) is 2.75. The van der Waals surface area contributed by atoms with Crippen molar-refractivity contribution >= 4 is 17.3 Å². The number of benzene rings is 1. The molecule has 1 rings (SSSR count). The maximum Gasteiger partial charge on any atom is 0.129 e. The Kier molecular flexibility index (Phi) is 2.35. The highest BCUT2D eigenvalue weighted by Gasteiger charge is 2.04. The summed E-state index contributed by atoms with van der Waals surface area (Å²) in [5.41, 5.74) is 6.47. The number of nitrogen functional groups attached to an aromatic ring is 1. The number of hydrogen-bond donors (Lipinski definition) is 1. The topological polar surface area (TPSA) is 26.0 Å². The third kappa shape index (κ3) is 1.63. The summed E-state index contributed by atoms with van der Waals surface area (Å²) in [4.78, 5) is 0. The highest BCUT2D eigenvalue weighted by atomic mass is 35.5. The van der Waals surface area contributed by atoms with Gasteiger partial charge in [-0.1, -0.05) is 18.5 Å². The van der Waals surface area contributed by atoms with Gasteiger partial charge in [0, 0.05) is 16.3 Å². The zero-order valence-electron chi connectivity index (χ0n) is 6.20. The quantitative estimate of drug-likeness (QED) is 0.650. The molecule has 0 spiro atoms. The van der Waals surface area contributed by atoms with Crippen LogP contribution in [0.15, 0.2) is 12.1 Å². The first kappa shape index (κ1) is 8.34. The van der Waals surface area contributed by atoms with Crippen LogP contribution in [-0.2, 0) is 6.42 Å². The van der Waals surface area contributed by atoms with Crippen molar-refractivity contribution in [3.63, 3.8) is 0 Å². The lowest BCUT2D eigenvalue weighted by atomic mass is 10.1. The van der Waals surface area contributed by atoms with Gasteiger partial charge in [0.05, 0.1) is 0 Å². The van der Waals surface area contributed by atoms with Crippen molar-refractivity contribution in [1.82, 2.24) is 0 Å². The molecule has 0 aromatic heterocycles. The molecule has 11 heavy (non-hydrogen) atoms. The largest absolute Gasteiger partial charge is 0.398 e. The van der Waals surface area contributed by atoms with E-state index in [1.807, 2.05) is 6.92 Å². The second-order valence-electron chi connectivity index (χ2n) is 2.31. The van der Waals surface area contributed by atoms with Crippen LogP contribution in [0, 0.1) is 5.82 Å². The average Bonchev–Trinajstić information content (AvgIpc) is 1.85. The average molecular weight is 174 g/mol. The Morgan fingerprint density at radius 3 is 2.64 bits per heavy atom. The number of hydrogen-bond acceptors (Lipinski definition) is 1. The van der Waals surface area contributed by atoms with Crippen LogP contribution in [0.1, 0.15) is 12.5 Å². The maximum absolute atomic E-state index is 12.9. The predicted molar refractivity (Wildman–Crippen MR) is 45.2 cm³/mol. The summed E-state index contributed by atoms with van der Waals surface area (Å²) < 4.78 is 12.9. The second kappa shape index (κ2) is 3.09. The highest BCUT2D eigenvalue weighted by Crippen LogP contribution is 2.21. The molecule has 0 saturated heterocycles. The van der Waals surface area contributed by atoms with E-state index in [0.717, 1.165) is 0 Å². The van der Waals surface area contributed by atoms with Crippen LogP contribution in [0.5, 0.6) is 0 Å². The lowest BCUT2D eigenvalue weighted by molar-refractivity contribution is 0.613. The van der Waals surface area contributed by atoms with Gasteiger partial charge >= 0.3 is 0 Å². The molecule has 1 aromatic rings. The summed E-state index contributed by atoms with van der Waals surface area (Å²) in [5.74, 6) is -0.322. The van der Waals surface area contributed by atoms with E-state index in [1.165, 1.54) is 6.07 Å². The molecule has 0 radical (unpaired) electrons. The Balaban J connectivity index is 3.25. The molecule has 0 aliphatic heterocycles. The molecule has 60 valence electrons. The molecule has 0 atom stereocenters. The minimum atomic E-state index is -0.322. The summed E-state index contributed by atoms with van der Waals surface area (Å²) in [6.45, 7) is 1.85. The van der Waals surface area contributed by atoms with Gasteiger partial charge in [-0.15, -0.1) is 0 Å². The van der Waals surface area contributed by atoms with Gasteiger partial charge in [0.15, 0.2) is 0 Å². The van der Waals surface area contributed by atoms with Crippen LogP contribution in [-0.4, -0.2) is 0 Å². The Morgan fingerprint density at radius 1 is 1.55 bits per heavy atom. The third-order valence-electron chi connectivity index (χ3n) is 1.55. The molecule has 1 aromatic carbocycles. The highest BCUT2D eigenvalue weighted by molar-refractivity contribution is 6.30.